The van der Waals surface area contributed by atoms with E-state index < -0.39 is 5.82 Å². The Balaban J connectivity index is 2.27. The quantitative estimate of drug-likeness (QED) is 0.728. The first-order valence-electron chi connectivity index (χ1n) is 7.08. The fourth-order valence-electron chi connectivity index (χ4n) is 2.76. The summed E-state index contributed by atoms with van der Waals surface area (Å²) in [6.45, 7) is 3.79. The fourth-order valence-corrected chi connectivity index (χ4v) is 2.76. The van der Waals surface area contributed by atoms with E-state index >= 15 is 0 Å². The predicted octanol–water partition coefficient (Wildman–Crippen LogP) is 4.58. The molecule has 1 heterocycles. The summed E-state index contributed by atoms with van der Waals surface area (Å²) in [7, 11) is 0. The Labute approximate surface area is 127 Å². The van der Waals surface area contributed by atoms with Crippen LogP contribution in [-0.4, -0.2) is 15.2 Å². The number of nitrogens with zero attached hydrogens (tertiary/aromatic N) is 1. The highest BCUT2D eigenvalue weighted by atomic mass is 19.1. The van der Waals surface area contributed by atoms with Gasteiger partial charge in [0.2, 0.25) is 0 Å². The zero-order valence-corrected chi connectivity index (χ0v) is 12.3. The molecule has 22 heavy (non-hydrogen) atoms. The number of phenolic OH excluding ortho intramolecular Hbond substituents is 2. The van der Waals surface area contributed by atoms with E-state index in [-0.39, 0.29) is 22.9 Å². The maximum absolute atomic E-state index is 13.8. The first-order chi connectivity index (χ1) is 10.5. The van der Waals surface area contributed by atoms with Crippen molar-refractivity contribution in [2.45, 2.75) is 19.8 Å². The Morgan fingerprint density at radius 2 is 1.73 bits per heavy atom. The van der Waals surface area contributed by atoms with E-state index in [9.17, 15) is 14.6 Å². The maximum Gasteiger partial charge on any atom is 0.149 e. The maximum atomic E-state index is 13.8. The van der Waals surface area contributed by atoms with Gasteiger partial charge in [-0.1, -0.05) is 26.0 Å². The molecule has 4 heteroatoms. The molecule has 0 radical (unpaired) electrons. The Morgan fingerprint density at radius 3 is 2.36 bits per heavy atom. The van der Waals surface area contributed by atoms with E-state index in [4.69, 9.17) is 0 Å². The molecular weight excluding hydrogens is 281 g/mol. The molecule has 0 amide bonds. The number of aromatic hydroxyl groups is 2. The molecule has 0 saturated carbocycles. The summed E-state index contributed by atoms with van der Waals surface area (Å²) in [6, 6.07) is 9.67. The molecule has 1 aromatic heterocycles. The van der Waals surface area contributed by atoms with E-state index in [0.29, 0.717) is 22.1 Å². The van der Waals surface area contributed by atoms with Gasteiger partial charge in [-0.05, 0) is 41.3 Å². The number of rotatable bonds is 2. The molecular formula is C18H16FNO2. The first-order valence-corrected chi connectivity index (χ1v) is 7.08. The number of hydrogen-bond acceptors (Lipinski definition) is 3. The molecule has 0 spiro atoms. The molecule has 2 N–H and O–H groups in total. The average molecular weight is 297 g/mol. The lowest BCUT2D eigenvalue weighted by atomic mass is 9.95. The fraction of sp³-hybridized carbons (Fsp3) is 0.167. The largest absolute Gasteiger partial charge is 0.507 e. The monoisotopic (exact) mass is 297 g/mol. The Hall–Kier alpha value is -2.62. The van der Waals surface area contributed by atoms with Crippen LogP contribution in [0.5, 0.6) is 11.5 Å². The summed E-state index contributed by atoms with van der Waals surface area (Å²) in [5.74, 6) is -0.329. The summed E-state index contributed by atoms with van der Waals surface area (Å²) in [5.41, 5.74) is 2.11. The third kappa shape index (κ3) is 2.26. The average Bonchev–Trinajstić information content (AvgIpc) is 2.46. The molecule has 3 rings (SSSR count). The molecule has 2 aromatic carbocycles. The zero-order valence-electron chi connectivity index (χ0n) is 12.3. The normalized spacial score (nSPS) is 11.3. The molecule has 112 valence electrons. The van der Waals surface area contributed by atoms with Crippen molar-refractivity contribution >= 4 is 10.9 Å². The van der Waals surface area contributed by atoms with E-state index in [0.717, 1.165) is 0 Å². The number of pyridine rings is 1. The minimum atomic E-state index is -0.397. The lowest BCUT2D eigenvalue weighted by Crippen LogP contribution is -1.92. The van der Waals surface area contributed by atoms with Gasteiger partial charge in [-0.3, -0.25) is 4.98 Å². The molecule has 0 aliphatic rings. The van der Waals surface area contributed by atoms with Crippen molar-refractivity contribution in [1.82, 2.24) is 4.98 Å². The van der Waals surface area contributed by atoms with Crippen LogP contribution in [0.4, 0.5) is 4.39 Å². The van der Waals surface area contributed by atoms with Crippen LogP contribution in [-0.2, 0) is 0 Å². The van der Waals surface area contributed by atoms with Gasteiger partial charge in [0, 0.05) is 17.1 Å². The molecule has 3 aromatic rings. The third-order valence-corrected chi connectivity index (χ3v) is 3.75. The van der Waals surface area contributed by atoms with Crippen molar-refractivity contribution in [1.29, 1.82) is 0 Å². The first kappa shape index (κ1) is 14.3. The molecule has 0 fully saturated rings. The van der Waals surface area contributed by atoms with Crippen LogP contribution in [0.1, 0.15) is 25.3 Å². The Kier molecular flexibility index (Phi) is 3.45. The summed E-state index contributed by atoms with van der Waals surface area (Å²) < 4.78 is 13.8. The predicted molar refractivity (Wildman–Crippen MR) is 84.6 cm³/mol. The molecule has 0 bridgehead atoms. The van der Waals surface area contributed by atoms with Crippen molar-refractivity contribution in [2.24, 2.45) is 0 Å². The number of benzene rings is 2. The topological polar surface area (TPSA) is 53.4 Å². The van der Waals surface area contributed by atoms with Crippen LogP contribution in [0.2, 0.25) is 0 Å². The minimum absolute atomic E-state index is 0.000628. The Morgan fingerprint density at radius 1 is 1.05 bits per heavy atom. The number of para-hydroxylation sites is 1. The smallest absolute Gasteiger partial charge is 0.149 e. The van der Waals surface area contributed by atoms with Crippen LogP contribution in [0.3, 0.4) is 0 Å². The third-order valence-electron chi connectivity index (χ3n) is 3.75. The van der Waals surface area contributed by atoms with Crippen molar-refractivity contribution in [3.63, 3.8) is 0 Å². The van der Waals surface area contributed by atoms with Gasteiger partial charge in [0.1, 0.15) is 22.8 Å². The van der Waals surface area contributed by atoms with E-state index in [1.807, 2.05) is 13.8 Å². The van der Waals surface area contributed by atoms with Crippen molar-refractivity contribution < 1.29 is 14.6 Å². The number of hydrogen-bond donors (Lipinski definition) is 2. The lowest BCUT2D eigenvalue weighted by molar-refractivity contribution is 0.434. The molecule has 0 saturated heterocycles. The summed E-state index contributed by atoms with van der Waals surface area (Å²) in [4.78, 5) is 4.06. The van der Waals surface area contributed by atoms with Gasteiger partial charge in [0.05, 0.1) is 0 Å². The van der Waals surface area contributed by atoms with Crippen LogP contribution in [0.15, 0.2) is 42.6 Å². The Bertz CT molecular complexity index is 836. The minimum Gasteiger partial charge on any atom is -0.507 e. The highest BCUT2D eigenvalue weighted by Crippen LogP contribution is 2.39. The van der Waals surface area contributed by atoms with Gasteiger partial charge < -0.3 is 10.2 Å². The van der Waals surface area contributed by atoms with Gasteiger partial charge >= 0.3 is 0 Å². The van der Waals surface area contributed by atoms with Crippen LogP contribution >= 0.6 is 0 Å². The molecule has 0 unspecified atom stereocenters. The van der Waals surface area contributed by atoms with Gasteiger partial charge in [0.15, 0.2) is 0 Å². The van der Waals surface area contributed by atoms with Crippen molar-refractivity contribution in [3.8, 4) is 22.6 Å². The van der Waals surface area contributed by atoms with Gasteiger partial charge in [-0.25, -0.2) is 4.39 Å². The number of fused-ring (bicyclic) bond motifs is 1. The number of phenols is 2. The summed E-state index contributed by atoms with van der Waals surface area (Å²) in [6.07, 6.45) is 1.52. The number of aromatic nitrogens is 1. The summed E-state index contributed by atoms with van der Waals surface area (Å²) in [5, 5.41) is 21.0. The van der Waals surface area contributed by atoms with Gasteiger partial charge in [0.25, 0.3) is 0 Å². The van der Waals surface area contributed by atoms with E-state index in [2.05, 4.69) is 4.98 Å². The second-order valence-electron chi connectivity index (χ2n) is 5.58. The van der Waals surface area contributed by atoms with Gasteiger partial charge in [-0.2, -0.15) is 0 Å². The molecule has 0 aliphatic heterocycles. The number of halogens is 1. The SMILES string of the molecule is CC(C)c1c(O)cc(-c2ccnc3c(F)cccc23)cc1O. The zero-order chi connectivity index (χ0) is 15.9. The highest BCUT2D eigenvalue weighted by molar-refractivity contribution is 5.95. The van der Waals surface area contributed by atoms with Gasteiger partial charge in [-0.15, -0.1) is 0 Å². The van der Waals surface area contributed by atoms with Crippen molar-refractivity contribution in [2.75, 3.05) is 0 Å². The van der Waals surface area contributed by atoms with Crippen LogP contribution in [0, 0.1) is 5.82 Å². The molecule has 0 atom stereocenters. The van der Waals surface area contributed by atoms with Crippen LogP contribution < -0.4 is 0 Å². The second-order valence-corrected chi connectivity index (χ2v) is 5.58. The molecule has 3 nitrogen and oxygen atoms in total. The second kappa shape index (κ2) is 5.30. The van der Waals surface area contributed by atoms with Crippen LogP contribution in [0.25, 0.3) is 22.0 Å². The van der Waals surface area contributed by atoms with E-state index in [1.165, 1.54) is 12.3 Å². The summed E-state index contributed by atoms with van der Waals surface area (Å²) >= 11 is 0. The lowest BCUT2D eigenvalue weighted by Gasteiger charge is -2.14. The van der Waals surface area contributed by atoms with Crippen molar-refractivity contribution in [3.05, 3.63) is 54.0 Å². The highest BCUT2D eigenvalue weighted by Gasteiger charge is 2.15. The molecule has 0 aliphatic carbocycles. The van der Waals surface area contributed by atoms with E-state index in [1.54, 1.807) is 30.3 Å². The standard InChI is InChI=1S/C18H16FNO2/c1-10(2)17-15(21)8-11(9-16(17)22)12-6-7-20-18-13(12)4-3-5-14(18)19/h3-10,21-22H,1-2H3.